The number of phenols is 3. The fourth-order valence-electron chi connectivity index (χ4n) is 9.91. The molecule has 4 aliphatic rings. The number of benzene rings is 4. The highest BCUT2D eigenvalue weighted by molar-refractivity contribution is 6.06. The molecule has 0 aromatic heterocycles. The van der Waals surface area contributed by atoms with E-state index >= 15 is 0 Å². The number of para-hydroxylation sites is 3. The predicted octanol–water partition coefficient (Wildman–Crippen LogP) is 0.349. The van der Waals surface area contributed by atoms with Crippen LogP contribution in [0.15, 0.2) is 78.9 Å². The average molecular weight is 1150 g/mol. The first kappa shape index (κ1) is 62.0. The Bertz CT molecular complexity index is 2910. The number of amides is 8. The number of nitrogens with one attached hydrogen (secondary N) is 7. The number of carbonyl (C=O) groups is 9. The largest absolute Gasteiger partial charge is 0.506 e. The molecule has 11 N–H and O–H groups in total. The highest BCUT2D eigenvalue weighted by atomic mass is 16.4. The van der Waals surface area contributed by atoms with Gasteiger partial charge in [0, 0.05) is 155 Å². The third kappa shape index (κ3) is 17.9. The van der Waals surface area contributed by atoms with Gasteiger partial charge in [-0.3, -0.25) is 62.8 Å². The number of aliphatic carboxylic acids is 1. The minimum absolute atomic E-state index is 0.0196. The van der Waals surface area contributed by atoms with Crippen LogP contribution in [0.5, 0.6) is 17.2 Å². The van der Waals surface area contributed by atoms with Crippen LogP contribution in [0.4, 0.5) is 0 Å². The summed E-state index contributed by atoms with van der Waals surface area (Å²) in [6.07, 6.45) is 1.34. The van der Waals surface area contributed by atoms with Gasteiger partial charge in [0.2, 0.25) is 0 Å². The highest BCUT2D eigenvalue weighted by Gasteiger charge is 2.25. The van der Waals surface area contributed by atoms with Crippen molar-refractivity contribution in [1.82, 2.24) is 61.7 Å². The van der Waals surface area contributed by atoms with Crippen LogP contribution in [0, 0.1) is 0 Å². The first-order valence-electron chi connectivity index (χ1n) is 28.0. The number of hydrogen-bond acceptors (Lipinski definition) is 16. The summed E-state index contributed by atoms with van der Waals surface area (Å²) in [6, 6.07) is 19.2. The summed E-state index contributed by atoms with van der Waals surface area (Å²) in [5.41, 5.74) is -0.353. The number of aromatic hydroxyl groups is 3. The van der Waals surface area contributed by atoms with Gasteiger partial charge in [-0.15, -0.1) is 0 Å². The van der Waals surface area contributed by atoms with E-state index in [9.17, 15) is 63.6 Å². The van der Waals surface area contributed by atoms with Gasteiger partial charge in [-0.1, -0.05) is 30.7 Å². The summed E-state index contributed by atoms with van der Waals surface area (Å²) in [5.74, 6) is -7.22. The SMILES string of the molecule is O=C(O)CCCCCN1CCN2CCNC(=O)c3cccc(c3O)C(=O)NCCN(CCNC(=O)c3cccc(c3)C1=O)CCN1CCNC(=O)c3cccc(c3O)C(=O)NCCN(CCNC(=O)c3cccc(c3O)C(=O)NCC1)CC2. The van der Waals surface area contributed by atoms with Gasteiger partial charge in [-0.05, 0) is 67.4 Å². The maximum Gasteiger partial charge on any atom is 0.303 e. The van der Waals surface area contributed by atoms with Crippen molar-refractivity contribution in [2.75, 3.05) is 137 Å². The molecule has 0 saturated carbocycles. The molecule has 8 amide bonds. The Morgan fingerprint density at radius 3 is 0.988 bits per heavy atom. The second-order valence-electron chi connectivity index (χ2n) is 20.3. The number of unbranched alkanes of at least 4 members (excludes halogenated alkanes) is 2. The maximum atomic E-state index is 14.6. The van der Waals surface area contributed by atoms with E-state index in [1.807, 2.05) is 19.6 Å². The number of carboxylic acids is 1. The van der Waals surface area contributed by atoms with Gasteiger partial charge in [0.05, 0.1) is 33.4 Å². The number of carboxylic acid groups (broad SMARTS) is 1. The lowest BCUT2D eigenvalue weighted by Crippen LogP contribution is -2.46. The Morgan fingerprint density at radius 2 is 0.651 bits per heavy atom. The van der Waals surface area contributed by atoms with Crippen molar-refractivity contribution in [2.24, 2.45) is 0 Å². The molecule has 0 fully saturated rings. The van der Waals surface area contributed by atoms with E-state index in [4.69, 9.17) is 0 Å². The molecule has 4 aromatic rings. The number of rotatable bonds is 6. The monoisotopic (exact) mass is 1150 g/mol. The minimum Gasteiger partial charge on any atom is -0.506 e. The van der Waals surface area contributed by atoms with E-state index in [0.717, 1.165) is 0 Å². The maximum absolute atomic E-state index is 14.6. The van der Waals surface area contributed by atoms with E-state index in [2.05, 4.69) is 37.2 Å². The van der Waals surface area contributed by atoms with Gasteiger partial charge in [0.25, 0.3) is 47.3 Å². The standard InChI is InChI=1S/C58H74N12O13/c71-47(72)16-2-1-3-24-70-37-36-69-31-23-65-57(82)46-15-7-14-45(50(46)75)52(77)60-18-26-66(25-17-59-51(76)39-8-4-9-40(38-39)58(70)83)32-33-67-27-19-61-53(78)41-10-5-12-43(48(41)73)55(80)63-21-29-68(34-35-69)30-22-64-56(81)44-13-6-11-42(49(44)74)54(79)62-20-28-67/h4-15,38,73-75H,1-3,16-37H2,(H,59,76)(H,60,77)(H,61,78)(H,62,79)(H,63,80)(H,64,81)(H,65,82)(H,71,72). The Balaban J connectivity index is 1.30. The molecule has 0 aliphatic carbocycles. The molecule has 0 radical (unpaired) electrons. The van der Waals surface area contributed by atoms with Gasteiger partial charge in [0.1, 0.15) is 17.2 Å². The van der Waals surface area contributed by atoms with Crippen molar-refractivity contribution in [2.45, 2.75) is 25.7 Å². The summed E-state index contributed by atoms with van der Waals surface area (Å²) in [7, 11) is 0. The van der Waals surface area contributed by atoms with Crippen molar-refractivity contribution in [3.63, 3.8) is 0 Å². The van der Waals surface area contributed by atoms with Gasteiger partial charge in [-0.2, -0.15) is 0 Å². The third-order valence-corrected chi connectivity index (χ3v) is 14.7. The zero-order chi connectivity index (χ0) is 59.3. The lowest BCUT2D eigenvalue weighted by molar-refractivity contribution is -0.137. The third-order valence-electron chi connectivity index (χ3n) is 14.7. The van der Waals surface area contributed by atoms with Crippen LogP contribution in [-0.2, 0) is 4.79 Å². The molecule has 25 nitrogen and oxygen atoms in total. The molecule has 0 spiro atoms. The van der Waals surface area contributed by atoms with E-state index < -0.39 is 64.6 Å². The van der Waals surface area contributed by atoms with Crippen molar-refractivity contribution in [1.29, 1.82) is 0 Å². The summed E-state index contributed by atoms with van der Waals surface area (Å²) >= 11 is 0. The van der Waals surface area contributed by atoms with E-state index in [1.165, 1.54) is 60.7 Å². The molecule has 8 rings (SSSR count). The summed E-state index contributed by atoms with van der Waals surface area (Å²) in [4.78, 5) is 132. The van der Waals surface area contributed by atoms with Crippen molar-refractivity contribution < 1.29 is 63.6 Å². The van der Waals surface area contributed by atoms with Crippen molar-refractivity contribution in [3.05, 3.63) is 123 Å². The lowest BCUT2D eigenvalue weighted by atomic mass is 10.1. The molecular weight excluding hydrogens is 1070 g/mol. The van der Waals surface area contributed by atoms with Crippen molar-refractivity contribution >= 4 is 53.2 Å². The smallest absolute Gasteiger partial charge is 0.303 e. The predicted molar refractivity (Wildman–Crippen MR) is 305 cm³/mol. The van der Waals surface area contributed by atoms with Crippen LogP contribution in [0.1, 0.15) is 109 Å². The Hall–Kier alpha value is -8.65. The van der Waals surface area contributed by atoms with Crippen LogP contribution in [0.3, 0.4) is 0 Å². The van der Waals surface area contributed by atoms with E-state index in [0.29, 0.717) is 19.3 Å². The molecule has 4 aliphatic heterocycles. The Kier molecular flexibility index (Phi) is 23.1. The molecule has 4 aromatic carbocycles. The highest BCUT2D eigenvalue weighted by Crippen LogP contribution is 2.25. The number of hydrogen-bond donors (Lipinski definition) is 11. The van der Waals surface area contributed by atoms with Crippen molar-refractivity contribution in [3.8, 4) is 17.2 Å². The second kappa shape index (κ2) is 31.0. The average Bonchev–Trinajstić information content (AvgIpc) is 3.53. The first-order chi connectivity index (χ1) is 40.1. The van der Waals surface area contributed by atoms with Crippen LogP contribution < -0.4 is 37.2 Å². The van der Waals surface area contributed by atoms with Crippen LogP contribution in [0.2, 0.25) is 0 Å². The second-order valence-corrected chi connectivity index (χ2v) is 20.3. The summed E-state index contributed by atoms with van der Waals surface area (Å²) < 4.78 is 0. The van der Waals surface area contributed by atoms with Crippen LogP contribution >= 0.6 is 0 Å². The lowest BCUT2D eigenvalue weighted by Gasteiger charge is -2.31. The van der Waals surface area contributed by atoms with Gasteiger partial charge in [0.15, 0.2) is 0 Å². The fraction of sp³-hybridized carbons (Fsp3) is 0.431. The summed E-state index contributed by atoms with van der Waals surface area (Å²) in [6.45, 7) is 3.35. The molecule has 2 atom stereocenters. The number of fused-ring (bicyclic) bond motifs is 16. The van der Waals surface area contributed by atoms with Gasteiger partial charge >= 0.3 is 5.97 Å². The van der Waals surface area contributed by atoms with E-state index in [-0.39, 0.29) is 194 Å². The van der Waals surface area contributed by atoms with Crippen LogP contribution in [-0.4, -0.2) is 236 Å². The molecule has 25 heteroatoms. The topological polar surface area (TPSA) is 335 Å². The fourth-order valence-corrected chi connectivity index (χ4v) is 9.91. The summed E-state index contributed by atoms with van der Waals surface area (Å²) in [5, 5.41) is 63.3. The molecule has 444 valence electrons. The molecular formula is C58H74N12O13. The first-order valence-corrected chi connectivity index (χ1v) is 28.0. The molecule has 0 saturated heterocycles. The van der Waals surface area contributed by atoms with Gasteiger partial charge in [-0.25, -0.2) is 0 Å². The van der Waals surface area contributed by atoms with Gasteiger partial charge < -0.3 is 62.5 Å². The molecule has 83 heavy (non-hydrogen) atoms. The Labute approximate surface area is 480 Å². The molecule has 12 bridgehead atoms. The zero-order valence-corrected chi connectivity index (χ0v) is 46.4. The number of nitrogens with zero attached hydrogens (tertiary/aromatic N) is 5. The van der Waals surface area contributed by atoms with E-state index in [1.54, 1.807) is 23.1 Å². The zero-order valence-electron chi connectivity index (χ0n) is 46.4. The minimum atomic E-state index is -0.934. The Morgan fingerprint density at radius 1 is 0.361 bits per heavy atom. The molecule has 2 unspecified atom stereocenters. The number of carbonyl (C=O) groups excluding carboxylic acids is 8. The number of phenolic OH excluding ortho intramolecular Hbond substituents is 3. The molecule has 4 heterocycles. The quantitative estimate of drug-likeness (QED) is 0.116. The normalized spacial score (nSPS) is 21.1. The van der Waals surface area contributed by atoms with Crippen LogP contribution in [0.25, 0.3) is 0 Å².